The molecule has 3 aromatic carbocycles. The van der Waals surface area contributed by atoms with Gasteiger partial charge in [0.15, 0.2) is 0 Å². The number of halogens is 1. The van der Waals surface area contributed by atoms with E-state index in [4.69, 9.17) is 27.2 Å². The van der Waals surface area contributed by atoms with E-state index in [2.05, 4.69) is 5.32 Å². The first-order valence-corrected chi connectivity index (χ1v) is 13.7. The number of fused-ring (bicyclic) bond motifs is 1. The highest BCUT2D eigenvalue weighted by Gasteiger charge is 2.30. The molecule has 4 rings (SSSR count). The van der Waals surface area contributed by atoms with Crippen LogP contribution in [0.5, 0.6) is 0 Å². The Hall–Kier alpha value is -4.21. The van der Waals surface area contributed by atoms with Gasteiger partial charge in [-0.3, -0.25) is 19.2 Å². The fraction of sp³-hybridized carbons (Fsp3) is 0.290. The molecule has 0 saturated heterocycles. The van der Waals surface area contributed by atoms with Gasteiger partial charge in [0, 0.05) is 40.4 Å². The lowest BCUT2D eigenvalue weighted by atomic mass is 10.0. The van der Waals surface area contributed by atoms with Crippen LogP contribution in [0.2, 0.25) is 5.02 Å². The van der Waals surface area contributed by atoms with Crippen molar-refractivity contribution in [1.82, 2.24) is 0 Å². The number of nitrogens with one attached hydrogen (secondary N) is 1. The first-order valence-electron chi connectivity index (χ1n) is 13.3. The van der Waals surface area contributed by atoms with E-state index in [1.54, 1.807) is 47.4 Å². The van der Waals surface area contributed by atoms with Crippen molar-refractivity contribution >= 4 is 46.7 Å². The molecule has 41 heavy (non-hydrogen) atoms. The average Bonchev–Trinajstić information content (AvgIpc) is 3.10. The van der Waals surface area contributed by atoms with Crippen molar-refractivity contribution < 1.29 is 29.0 Å². The summed E-state index contributed by atoms with van der Waals surface area (Å²) < 4.78 is 5.71. The van der Waals surface area contributed by atoms with Gasteiger partial charge in [0.25, 0.3) is 11.8 Å². The standard InChI is InChI=1S/C31H32ClN3O6/c1-18-6-3-4-7-22(18)29(37)34-21-10-11-23(19(2)16-21)30(38)35-15-5-8-27(24-17-20(32)9-13-26(24)35)41-28(36)14-12-25(33)31(39)40/h3-4,6-7,9-11,13,16-17,25,27H,5,8,12,14-15,33H2,1-2H3,(H,34,37)(H,39,40)/t25-,27?/m0/s1. The van der Waals surface area contributed by atoms with Crippen molar-refractivity contribution in [3.8, 4) is 0 Å². The van der Waals surface area contributed by atoms with Crippen LogP contribution in [0.1, 0.15) is 69.2 Å². The molecule has 1 heterocycles. The zero-order valence-corrected chi connectivity index (χ0v) is 23.6. The number of hydrogen-bond donors (Lipinski definition) is 3. The van der Waals surface area contributed by atoms with Crippen LogP contribution in [-0.2, 0) is 14.3 Å². The number of hydrogen-bond acceptors (Lipinski definition) is 6. The van der Waals surface area contributed by atoms with Crippen molar-refractivity contribution in [2.24, 2.45) is 5.73 Å². The molecule has 1 aliphatic rings. The van der Waals surface area contributed by atoms with Crippen molar-refractivity contribution in [3.05, 3.63) is 93.5 Å². The highest BCUT2D eigenvalue weighted by atomic mass is 35.5. The largest absolute Gasteiger partial charge is 0.480 e. The lowest BCUT2D eigenvalue weighted by molar-refractivity contribution is -0.150. The molecule has 4 N–H and O–H groups in total. The normalized spacial score (nSPS) is 15.3. The molecule has 0 saturated carbocycles. The van der Waals surface area contributed by atoms with Crippen LogP contribution in [0.25, 0.3) is 0 Å². The molecule has 2 amide bonds. The van der Waals surface area contributed by atoms with Crippen LogP contribution >= 0.6 is 11.6 Å². The number of carboxylic acid groups (broad SMARTS) is 1. The van der Waals surface area contributed by atoms with Crippen LogP contribution in [0, 0.1) is 13.8 Å². The maximum absolute atomic E-state index is 13.8. The fourth-order valence-electron chi connectivity index (χ4n) is 4.84. The van der Waals surface area contributed by atoms with E-state index in [9.17, 15) is 19.2 Å². The smallest absolute Gasteiger partial charge is 0.320 e. The van der Waals surface area contributed by atoms with E-state index in [0.29, 0.717) is 58.0 Å². The molecular weight excluding hydrogens is 546 g/mol. The zero-order valence-electron chi connectivity index (χ0n) is 22.9. The number of nitrogens with two attached hydrogens (primary N) is 1. The Labute approximate surface area is 243 Å². The minimum atomic E-state index is -1.18. The summed E-state index contributed by atoms with van der Waals surface area (Å²) in [6, 6.07) is 16.4. The molecule has 9 nitrogen and oxygen atoms in total. The molecule has 0 fully saturated rings. The predicted molar refractivity (Wildman–Crippen MR) is 156 cm³/mol. The summed E-state index contributed by atoms with van der Waals surface area (Å²) >= 11 is 6.29. The third-order valence-electron chi connectivity index (χ3n) is 7.08. The second-order valence-electron chi connectivity index (χ2n) is 10.1. The van der Waals surface area contributed by atoms with Crippen molar-refractivity contribution in [2.45, 2.75) is 51.7 Å². The minimum Gasteiger partial charge on any atom is -0.480 e. The number of carboxylic acids is 1. The first-order chi connectivity index (χ1) is 19.5. The fourth-order valence-corrected chi connectivity index (χ4v) is 5.02. The topological polar surface area (TPSA) is 139 Å². The van der Waals surface area contributed by atoms with Gasteiger partial charge < -0.3 is 25.8 Å². The van der Waals surface area contributed by atoms with E-state index in [0.717, 1.165) is 5.56 Å². The highest BCUT2D eigenvalue weighted by Crippen LogP contribution is 2.38. The lowest BCUT2D eigenvalue weighted by Crippen LogP contribution is -2.32. The Morgan fingerprint density at radius 3 is 2.51 bits per heavy atom. The van der Waals surface area contributed by atoms with Gasteiger partial charge in [-0.2, -0.15) is 0 Å². The van der Waals surface area contributed by atoms with E-state index in [1.165, 1.54) is 0 Å². The first kappa shape index (κ1) is 29.8. The Bertz CT molecular complexity index is 1490. The monoisotopic (exact) mass is 577 g/mol. The number of nitrogens with zero attached hydrogens (tertiary/aromatic N) is 1. The molecule has 10 heteroatoms. The minimum absolute atomic E-state index is 0.0470. The maximum atomic E-state index is 13.8. The number of benzene rings is 3. The van der Waals surface area contributed by atoms with Gasteiger partial charge in [-0.25, -0.2) is 0 Å². The summed E-state index contributed by atoms with van der Waals surface area (Å²) in [6.45, 7) is 4.06. The third-order valence-corrected chi connectivity index (χ3v) is 7.31. The highest BCUT2D eigenvalue weighted by molar-refractivity contribution is 6.30. The molecule has 0 aliphatic carbocycles. The second-order valence-corrected chi connectivity index (χ2v) is 10.5. The summed E-state index contributed by atoms with van der Waals surface area (Å²) in [4.78, 5) is 51.7. The number of aryl methyl sites for hydroxylation is 2. The Balaban J connectivity index is 1.54. The SMILES string of the molecule is Cc1ccccc1C(=O)Nc1ccc(C(=O)N2CCCC(OC(=O)CC[C@H](N)C(=O)O)c3cc(Cl)ccc32)c(C)c1. The van der Waals surface area contributed by atoms with Crippen LogP contribution in [0.3, 0.4) is 0 Å². The lowest BCUT2D eigenvalue weighted by Gasteiger charge is -2.25. The third kappa shape index (κ3) is 7.11. The molecule has 0 spiro atoms. The van der Waals surface area contributed by atoms with E-state index < -0.39 is 24.1 Å². The summed E-state index contributed by atoms with van der Waals surface area (Å²) in [7, 11) is 0. The number of rotatable bonds is 8. The molecule has 1 unspecified atom stereocenters. The quantitative estimate of drug-likeness (QED) is 0.303. The number of carbonyl (C=O) groups excluding carboxylic acids is 3. The van der Waals surface area contributed by atoms with Gasteiger partial charge in [0.1, 0.15) is 12.1 Å². The zero-order chi connectivity index (χ0) is 29.7. The van der Waals surface area contributed by atoms with Crippen LogP contribution < -0.4 is 16.0 Å². The number of esters is 1. The van der Waals surface area contributed by atoms with Gasteiger partial charge in [0.2, 0.25) is 0 Å². The molecule has 214 valence electrons. The molecule has 3 aromatic rings. The maximum Gasteiger partial charge on any atom is 0.320 e. The van der Waals surface area contributed by atoms with E-state index in [1.807, 2.05) is 32.0 Å². The number of amides is 2. The van der Waals surface area contributed by atoms with Crippen LogP contribution in [0.4, 0.5) is 11.4 Å². The van der Waals surface area contributed by atoms with Crippen molar-refractivity contribution in [1.29, 1.82) is 0 Å². The molecular formula is C31H32ClN3O6. The van der Waals surface area contributed by atoms with Gasteiger partial charge in [-0.05, 0) is 86.7 Å². The van der Waals surface area contributed by atoms with Crippen LogP contribution in [-0.4, -0.2) is 41.4 Å². The van der Waals surface area contributed by atoms with Gasteiger partial charge >= 0.3 is 11.9 Å². The molecule has 1 aliphatic heterocycles. The number of ether oxygens (including phenoxy) is 1. The molecule has 0 radical (unpaired) electrons. The summed E-state index contributed by atoms with van der Waals surface area (Å²) in [5.41, 5.74) is 9.86. The molecule has 0 aromatic heterocycles. The summed E-state index contributed by atoms with van der Waals surface area (Å²) in [5.74, 6) is -2.22. The number of carbonyl (C=O) groups is 4. The molecule has 2 atom stereocenters. The van der Waals surface area contributed by atoms with Gasteiger partial charge in [-0.1, -0.05) is 29.8 Å². The Morgan fingerprint density at radius 2 is 1.80 bits per heavy atom. The van der Waals surface area contributed by atoms with E-state index in [-0.39, 0.29) is 24.7 Å². The van der Waals surface area contributed by atoms with E-state index >= 15 is 0 Å². The Kier molecular flexibility index (Phi) is 9.42. The van der Waals surface area contributed by atoms with Gasteiger partial charge in [0.05, 0.1) is 5.69 Å². The summed E-state index contributed by atoms with van der Waals surface area (Å²) in [6.07, 6.45) is 0.156. The number of aliphatic carboxylic acids is 1. The molecule has 0 bridgehead atoms. The summed E-state index contributed by atoms with van der Waals surface area (Å²) in [5, 5.41) is 12.3. The second kappa shape index (κ2) is 13.0. The van der Waals surface area contributed by atoms with Crippen LogP contribution in [0.15, 0.2) is 60.7 Å². The van der Waals surface area contributed by atoms with Crippen molar-refractivity contribution in [3.63, 3.8) is 0 Å². The predicted octanol–water partition coefficient (Wildman–Crippen LogP) is 5.43. The average molecular weight is 578 g/mol. The Morgan fingerprint density at radius 1 is 1.05 bits per heavy atom. The number of anilines is 2. The van der Waals surface area contributed by atoms with Gasteiger partial charge in [-0.15, -0.1) is 0 Å². The van der Waals surface area contributed by atoms with Crippen molar-refractivity contribution in [2.75, 3.05) is 16.8 Å².